The number of piperidine rings is 1. The lowest BCUT2D eigenvalue weighted by Crippen LogP contribution is -2.45. The molecule has 0 atom stereocenters. The molecule has 1 N–H and O–H groups in total. The van der Waals surface area contributed by atoms with E-state index in [1.54, 1.807) is 0 Å². The summed E-state index contributed by atoms with van der Waals surface area (Å²) in [5, 5.41) is 0. The fourth-order valence-corrected chi connectivity index (χ4v) is 4.65. The maximum atomic E-state index is 12.3. The van der Waals surface area contributed by atoms with E-state index in [0.29, 0.717) is 0 Å². The highest BCUT2D eigenvalue weighted by atomic mass is 32.2. The molecule has 2 fully saturated rings. The Hall–Kier alpha value is -0.910. The summed E-state index contributed by atoms with van der Waals surface area (Å²) in [4.78, 5) is 2.51. The minimum Gasteiger partial charge on any atom is -0.300 e. The number of benzene rings is 1. The van der Waals surface area contributed by atoms with E-state index in [1.807, 2.05) is 31.2 Å². The fraction of sp³-hybridized carbons (Fsp3) is 0.625. The highest BCUT2D eigenvalue weighted by Gasteiger charge is 2.32. The Morgan fingerprint density at radius 1 is 1.14 bits per heavy atom. The standard InChI is InChI=1S/C16H24N2O2S/c1-13-4-2-3-5-14(13)12-21(19,20)17-15-8-10-18(11-9-15)16-6-7-16/h2-5,15-17H,6-12H2,1H3. The fourth-order valence-electron chi connectivity index (χ4n) is 3.09. The van der Waals surface area contributed by atoms with Crippen molar-refractivity contribution in [2.75, 3.05) is 13.1 Å². The van der Waals surface area contributed by atoms with Gasteiger partial charge in [-0.3, -0.25) is 0 Å². The molecule has 1 aliphatic heterocycles. The van der Waals surface area contributed by atoms with Gasteiger partial charge in [-0.25, -0.2) is 13.1 Å². The molecule has 1 saturated carbocycles. The minimum absolute atomic E-state index is 0.0858. The third-order valence-electron chi connectivity index (χ3n) is 4.55. The van der Waals surface area contributed by atoms with E-state index in [-0.39, 0.29) is 11.8 Å². The molecule has 1 heterocycles. The Bertz CT molecular complexity index is 588. The van der Waals surface area contributed by atoms with Crippen LogP contribution in [-0.4, -0.2) is 38.5 Å². The van der Waals surface area contributed by atoms with Crippen molar-refractivity contribution in [1.29, 1.82) is 0 Å². The van der Waals surface area contributed by atoms with Crippen molar-refractivity contribution in [3.05, 3.63) is 35.4 Å². The van der Waals surface area contributed by atoms with E-state index in [9.17, 15) is 8.42 Å². The van der Waals surface area contributed by atoms with Crippen LogP contribution in [0.5, 0.6) is 0 Å². The van der Waals surface area contributed by atoms with E-state index in [0.717, 1.165) is 43.1 Å². The van der Waals surface area contributed by atoms with Crippen molar-refractivity contribution >= 4 is 10.0 Å². The first-order chi connectivity index (χ1) is 10.0. The summed E-state index contributed by atoms with van der Waals surface area (Å²) in [6.45, 7) is 4.02. The van der Waals surface area contributed by atoms with E-state index < -0.39 is 10.0 Å². The molecule has 1 saturated heterocycles. The van der Waals surface area contributed by atoms with Crippen LogP contribution in [0.15, 0.2) is 24.3 Å². The lowest BCUT2D eigenvalue weighted by Gasteiger charge is -2.32. The number of sulfonamides is 1. The van der Waals surface area contributed by atoms with Gasteiger partial charge in [0.15, 0.2) is 0 Å². The Morgan fingerprint density at radius 3 is 2.43 bits per heavy atom. The Morgan fingerprint density at radius 2 is 1.81 bits per heavy atom. The summed E-state index contributed by atoms with van der Waals surface area (Å²) >= 11 is 0. The normalized spacial score (nSPS) is 21.6. The summed E-state index contributed by atoms with van der Waals surface area (Å²) < 4.78 is 27.5. The minimum atomic E-state index is -3.25. The monoisotopic (exact) mass is 308 g/mol. The molecule has 116 valence electrons. The van der Waals surface area contributed by atoms with Crippen molar-refractivity contribution in [2.24, 2.45) is 0 Å². The molecule has 1 aromatic rings. The molecule has 0 bridgehead atoms. The first-order valence-corrected chi connectivity index (χ1v) is 9.47. The summed E-state index contributed by atoms with van der Waals surface area (Å²) in [6.07, 6.45) is 4.51. The third kappa shape index (κ3) is 4.05. The lowest BCUT2D eigenvalue weighted by atomic mass is 10.1. The molecule has 5 heteroatoms. The number of likely N-dealkylation sites (tertiary alicyclic amines) is 1. The molecule has 2 aliphatic rings. The van der Waals surface area contributed by atoms with Crippen LogP contribution in [0.1, 0.15) is 36.8 Å². The summed E-state index contributed by atoms with van der Waals surface area (Å²) in [6, 6.07) is 8.57. The van der Waals surface area contributed by atoms with Crippen LogP contribution >= 0.6 is 0 Å². The average Bonchev–Trinajstić information content (AvgIpc) is 3.26. The van der Waals surface area contributed by atoms with Crippen LogP contribution in [0.4, 0.5) is 0 Å². The van der Waals surface area contributed by atoms with Crippen molar-refractivity contribution in [3.63, 3.8) is 0 Å². The summed E-state index contributed by atoms with van der Waals surface area (Å²) in [7, 11) is -3.25. The van der Waals surface area contributed by atoms with Crippen molar-refractivity contribution in [2.45, 2.75) is 50.4 Å². The number of nitrogens with zero attached hydrogens (tertiary/aromatic N) is 1. The number of aryl methyl sites for hydroxylation is 1. The van der Waals surface area contributed by atoms with E-state index in [4.69, 9.17) is 0 Å². The van der Waals surface area contributed by atoms with Gasteiger partial charge in [-0.05, 0) is 56.8 Å². The van der Waals surface area contributed by atoms with Gasteiger partial charge in [0.25, 0.3) is 0 Å². The Labute approximate surface area is 127 Å². The molecule has 0 spiro atoms. The van der Waals surface area contributed by atoms with Crippen LogP contribution in [0.25, 0.3) is 0 Å². The van der Waals surface area contributed by atoms with Gasteiger partial charge < -0.3 is 4.90 Å². The molecule has 0 amide bonds. The van der Waals surface area contributed by atoms with Gasteiger partial charge in [-0.2, -0.15) is 0 Å². The molecule has 0 aromatic heterocycles. The topological polar surface area (TPSA) is 49.4 Å². The zero-order valence-corrected chi connectivity index (χ0v) is 13.4. The van der Waals surface area contributed by atoms with Gasteiger partial charge in [-0.15, -0.1) is 0 Å². The molecule has 1 aromatic carbocycles. The van der Waals surface area contributed by atoms with Crippen LogP contribution in [0, 0.1) is 6.92 Å². The van der Waals surface area contributed by atoms with E-state index >= 15 is 0 Å². The average molecular weight is 308 g/mol. The zero-order valence-electron chi connectivity index (χ0n) is 12.6. The second kappa shape index (κ2) is 6.07. The van der Waals surface area contributed by atoms with E-state index in [2.05, 4.69) is 9.62 Å². The maximum absolute atomic E-state index is 12.3. The van der Waals surface area contributed by atoms with Gasteiger partial charge in [0.2, 0.25) is 10.0 Å². The first kappa shape index (κ1) is 15.0. The molecule has 3 rings (SSSR count). The highest BCUT2D eigenvalue weighted by molar-refractivity contribution is 7.88. The van der Waals surface area contributed by atoms with Crippen LogP contribution in [0.2, 0.25) is 0 Å². The predicted octanol–water partition coefficient (Wildman–Crippen LogP) is 2.04. The second-order valence-corrected chi connectivity index (χ2v) is 8.10. The van der Waals surface area contributed by atoms with E-state index in [1.165, 1.54) is 12.8 Å². The predicted molar refractivity (Wildman–Crippen MR) is 84.6 cm³/mol. The summed E-state index contributed by atoms with van der Waals surface area (Å²) in [5.74, 6) is 0.0858. The largest absolute Gasteiger partial charge is 0.300 e. The second-order valence-electron chi connectivity index (χ2n) is 6.34. The molecule has 1 aliphatic carbocycles. The van der Waals surface area contributed by atoms with Gasteiger partial charge in [0.1, 0.15) is 0 Å². The smallest absolute Gasteiger partial charge is 0.216 e. The number of hydrogen-bond donors (Lipinski definition) is 1. The maximum Gasteiger partial charge on any atom is 0.216 e. The molecule has 0 radical (unpaired) electrons. The highest BCUT2D eigenvalue weighted by Crippen LogP contribution is 2.29. The van der Waals surface area contributed by atoms with Crippen LogP contribution < -0.4 is 4.72 Å². The SMILES string of the molecule is Cc1ccccc1CS(=O)(=O)NC1CCN(C2CC2)CC1. The zero-order chi connectivity index (χ0) is 14.9. The molecule has 4 nitrogen and oxygen atoms in total. The molecule has 21 heavy (non-hydrogen) atoms. The number of hydrogen-bond acceptors (Lipinski definition) is 3. The number of nitrogens with one attached hydrogen (secondary N) is 1. The third-order valence-corrected chi connectivity index (χ3v) is 5.93. The van der Waals surface area contributed by atoms with Crippen LogP contribution in [-0.2, 0) is 15.8 Å². The first-order valence-electron chi connectivity index (χ1n) is 7.82. The molecular weight excluding hydrogens is 284 g/mol. The number of rotatable bonds is 5. The van der Waals surface area contributed by atoms with Crippen molar-refractivity contribution in [3.8, 4) is 0 Å². The van der Waals surface area contributed by atoms with Gasteiger partial charge in [-0.1, -0.05) is 24.3 Å². The van der Waals surface area contributed by atoms with Gasteiger partial charge >= 0.3 is 0 Å². The van der Waals surface area contributed by atoms with Gasteiger partial charge in [0.05, 0.1) is 5.75 Å². The lowest BCUT2D eigenvalue weighted by molar-refractivity contribution is 0.199. The van der Waals surface area contributed by atoms with Gasteiger partial charge in [0, 0.05) is 12.1 Å². The Kier molecular flexibility index (Phi) is 4.33. The quantitative estimate of drug-likeness (QED) is 0.905. The molecular formula is C16H24N2O2S. The Balaban J connectivity index is 1.55. The van der Waals surface area contributed by atoms with Crippen molar-refractivity contribution in [1.82, 2.24) is 9.62 Å². The van der Waals surface area contributed by atoms with Crippen molar-refractivity contribution < 1.29 is 8.42 Å². The summed E-state index contributed by atoms with van der Waals surface area (Å²) in [5.41, 5.74) is 1.92. The molecule has 0 unspecified atom stereocenters. The van der Waals surface area contributed by atoms with Crippen LogP contribution in [0.3, 0.4) is 0 Å².